The summed E-state index contributed by atoms with van der Waals surface area (Å²) in [7, 11) is 1.59. The SMILES string of the molecule is CCOc1cc(C2/C(=C(\O)c3ccc4c(c3)CC(C)O4)C(=O)C(=O)N2CCCOC)ccc1OCc1ccccc1. The molecule has 0 aromatic heterocycles. The molecule has 8 nitrogen and oxygen atoms in total. The quantitative estimate of drug-likeness (QED) is 0.145. The average molecular weight is 558 g/mol. The monoisotopic (exact) mass is 557 g/mol. The van der Waals surface area contributed by atoms with Gasteiger partial charge in [0.15, 0.2) is 11.5 Å². The molecular weight excluding hydrogens is 522 g/mol. The standard InChI is InChI=1S/C33H35NO7/c1-4-39-28-19-23(11-14-27(28)40-20-22-9-6-5-7-10-22)30-29(32(36)33(37)34(30)15-8-16-38-3)31(35)24-12-13-26-25(18-24)17-21(2)41-26/h5-7,9-14,18-19,21,30,35H,4,8,15-17,20H2,1-3H3/b31-29+. The van der Waals surface area contributed by atoms with Crippen molar-refractivity contribution in [1.29, 1.82) is 0 Å². The van der Waals surface area contributed by atoms with Gasteiger partial charge >= 0.3 is 0 Å². The number of carbonyl (C=O) groups excluding carboxylic acids is 2. The van der Waals surface area contributed by atoms with E-state index in [-0.39, 0.29) is 24.0 Å². The van der Waals surface area contributed by atoms with Crippen molar-refractivity contribution in [3.8, 4) is 17.2 Å². The molecule has 5 rings (SSSR count). The van der Waals surface area contributed by atoms with Crippen LogP contribution in [0.3, 0.4) is 0 Å². The van der Waals surface area contributed by atoms with E-state index < -0.39 is 17.7 Å². The molecule has 8 heteroatoms. The molecule has 3 aromatic rings. The Kier molecular flexibility index (Phi) is 8.59. The van der Waals surface area contributed by atoms with Crippen LogP contribution in [-0.4, -0.2) is 54.7 Å². The van der Waals surface area contributed by atoms with Crippen molar-refractivity contribution < 1.29 is 33.6 Å². The molecule has 1 amide bonds. The van der Waals surface area contributed by atoms with Gasteiger partial charge in [0.2, 0.25) is 0 Å². The zero-order chi connectivity index (χ0) is 28.9. The number of nitrogens with zero attached hydrogens (tertiary/aromatic N) is 1. The van der Waals surface area contributed by atoms with Gasteiger partial charge in [-0.1, -0.05) is 36.4 Å². The number of aliphatic hydroxyl groups excluding tert-OH is 1. The predicted octanol–water partition coefficient (Wildman–Crippen LogP) is 5.45. The number of carbonyl (C=O) groups is 2. The Bertz CT molecular complexity index is 1450. The molecule has 3 aromatic carbocycles. The number of benzene rings is 3. The summed E-state index contributed by atoms with van der Waals surface area (Å²) >= 11 is 0. The summed E-state index contributed by atoms with van der Waals surface area (Å²) in [6.07, 6.45) is 1.27. The number of amides is 1. The Balaban J connectivity index is 1.55. The molecule has 0 aliphatic carbocycles. The smallest absolute Gasteiger partial charge is 0.295 e. The molecule has 2 heterocycles. The first-order valence-electron chi connectivity index (χ1n) is 13.9. The molecule has 1 N–H and O–H groups in total. The van der Waals surface area contributed by atoms with E-state index in [4.69, 9.17) is 18.9 Å². The zero-order valence-electron chi connectivity index (χ0n) is 23.6. The Morgan fingerprint density at radius 3 is 2.59 bits per heavy atom. The lowest BCUT2D eigenvalue weighted by atomic mass is 9.94. The molecule has 2 aliphatic rings. The van der Waals surface area contributed by atoms with Crippen molar-refractivity contribution in [3.05, 3.63) is 94.6 Å². The lowest BCUT2D eigenvalue weighted by Gasteiger charge is -2.26. The summed E-state index contributed by atoms with van der Waals surface area (Å²) in [6.45, 7) is 5.32. The molecule has 41 heavy (non-hydrogen) atoms. The number of rotatable bonds is 11. The number of hydrogen-bond donors (Lipinski definition) is 1. The van der Waals surface area contributed by atoms with E-state index in [0.717, 1.165) is 16.9 Å². The highest BCUT2D eigenvalue weighted by Crippen LogP contribution is 2.43. The summed E-state index contributed by atoms with van der Waals surface area (Å²) in [5.41, 5.74) is 3.11. The number of methoxy groups -OCH3 is 1. The van der Waals surface area contributed by atoms with Crippen molar-refractivity contribution in [1.82, 2.24) is 4.90 Å². The Labute approximate surface area is 240 Å². The van der Waals surface area contributed by atoms with Crippen molar-refractivity contribution in [3.63, 3.8) is 0 Å². The van der Waals surface area contributed by atoms with Crippen molar-refractivity contribution in [2.75, 3.05) is 26.9 Å². The summed E-state index contributed by atoms with van der Waals surface area (Å²) in [5, 5.41) is 11.5. The summed E-state index contributed by atoms with van der Waals surface area (Å²) in [5.74, 6) is 0.200. The van der Waals surface area contributed by atoms with E-state index >= 15 is 0 Å². The highest BCUT2D eigenvalue weighted by molar-refractivity contribution is 6.46. The van der Waals surface area contributed by atoms with Gasteiger partial charge in [0.1, 0.15) is 24.2 Å². The van der Waals surface area contributed by atoms with Crippen LogP contribution < -0.4 is 14.2 Å². The summed E-state index contributed by atoms with van der Waals surface area (Å²) in [6, 6.07) is 19.7. The summed E-state index contributed by atoms with van der Waals surface area (Å²) < 4.78 is 23.0. The van der Waals surface area contributed by atoms with E-state index in [9.17, 15) is 14.7 Å². The molecular formula is C33H35NO7. The third kappa shape index (κ3) is 5.93. The number of Topliss-reactive ketones (excluding diaryl/α,β-unsaturated/α-hetero) is 1. The van der Waals surface area contributed by atoms with Crippen LogP contribution in [0.15, 0.2) is 72.3 Å². The van der Waals surface area contributed by atoms with Gasteiger partial charge in [0, 0.05) is 32.2 Å². The first kappa shape index (κ1) is 28.2. The normalized spacial score (nSPS) is 19.2. The van der Waals surface area contributed by atoms with Crippen LogP contribution in [0.4, 0.5) is 0 Å². The minimum absolute atomic E-state index is 0.0355. The van der Waals surface area contributed by atoms with E-state index in [1.807, 2.05) is 56.3 Å². The Morgan fingerprint density at radius 1 is 1.02 bits per heavy atom. The lowest BCUT2D eigenvalue weighted by Crippen LogP contribution is -2.31. The molecule has 0 bridgehead atoms. The Morgan fingerprint density at radius 2 is 1.83 bits per heavy atom. The number of ether oxygens (including phenoxy) is 4. The van der Waals surface area contributed by atoms with Crippen LogP contribution in [0.1, 0.15) is 48.6 Å². The number of likely N-dealkylation sites (tertiary alicyclic amines) is 1. The molecule has 0 radical (unpaired) electrons. The first-order chi connectivity index (χ1) is 19.9. The predicted molar refractivity (Wildman–Crippen MR) is 154 cm³/mol. The van der Waals surface area contributed by atoms with E-state index in [1.54, 1.807) is 31.4 Å². The molecule has 1 fully saturated rings. The van der Waals surface area contributed by atoms with Crippen LogP contribution >= 0.6 is 0 Å². The second-order valence-electron chi connectivity index (χ2n) is 10.2. The molecule has 0 spiro atoms. The van der Waals surface area contributed by atoms with Gasteiger partial charge in [-0.2, -0.15) is 0 Å². The number of fused-ring (bicyclic) bond motifs is 1. The largest absolute Gasteiger partial charge is 0.507 e. The Hall–Kier alpha value is -4.30. The fourth-order valence-electron chi connectivity index (χ4n) is 5.38. The van der Waals surface area contributed by atoms with Crippen LogP contribution in [0.5, 0.6) is 17.2 Å². The lowest BCUT2D eigenvalue weighted by molar-refractivity contribution is -0.140. The zero-order valence-corrected chi connectivity index (χ0v) is 23.6. The fourth-order valence-corrected chi connectivity index (χ4v) is 5.38. The second-order valence-corrected chi connectivity index (χ2v) is 10.2. The van der Waals surface area contributed by atoms with Gasteiger partial charge in [-0.15, -0.1) is 0 Å². The van der Waals surface area contributed by atoms with Gasteiger partial charge in [0.05, 0.1) is 18.2 Å². The molecule has 0 saturated carbocycles. The van der Waals surface area contributed by atoms with Crippen LogP contribution in [0, 0.1) is 0 Å². The second kappa shape index (κ2) is 12.5. The minimum atomic E-state index is -0.808. The van der Waals surface area contributed by atoms with Gasteiger partial charge in [-0.3, -0.25) is 9.59 Å². The third-order valence-corrected chi connectivity index (χ3v) is 7.28. The van der Waals surface area contributed by atoms with Crippen molar-refractivity contribution >= 4 is 17.4 Å². The number of aliphatic hydroxyl groups is 1. The maximum Gasteiger partial charge on any atom is 0.295 e. The maximum atomic E-state index is 13.4. The van der Waals surface area contributed by atoms with Crippen LogP contribution in [0.2, 0.25) is 0 Å². The molecule has 214 valence electrons. The van der Waals surface area contributed by atoms with Crippen molar-refractivity contribution in [2.45, 2.75) is 45.4 Å². The van der Waals surface area contributed by atoms with E-state index in [2.05, 4.69) is 0 Å². The van der Waals surface area contributed by atoms with E-state index in [0.29, 0.717) is 55.3 Å². The highest BCUT2D eigenvalue weighted by Gasteiger charge is 2.46. The van der Waals surface area contributed by atoms with Gasteiger partial charge in [-0.25, -0.2) is 0 Å². The van der Waals surface area contributed by atoms with Crippen molar-refractivity contribution in [2.24, 2.45) is 0 Å². The number of hydrogen-bond acceptors (Lipinski definition) is 7. The minimum Gasteiger partial charge on any atom is -0.507 e. The maximum absolute atomic E-state index is 13.4. The molecule has 1 saturated heterocycles. The third-order valence-electron chi connectivity index (χ3n) is 7.28. The molecule has 2 atom stereocenters. The van der Waals surface area contributed by atoms with E-state index in [1.165, 1.54) is 4.90 Å². The van der Waals surface area contributed by atoms with Gasteiger partial charge in [0.25, 0.3) is 11.7 Å². The van der Waals surface area contributed by atoms with Crippen LogP contribution in [0.25, 0.3) is 5.76 Å². The highest BCUT2D eigenvalue weighted by atomic mass is 16.5. The van der Waals surface area contributed by atoms with Gasteiger partial charge < -0.3 is 29.0 Å². The van der Waals surface area contributed by atoms with Gasteiger partial charge in [-0.05, 0) is 67.3 Å². The topological polar surface area (TPSA) is 94.5 Å². The molecule has 2 aliphatic heterocycles. The molecule has 2 unspecified atom stereocenters. The fraction of sp³-hybridized carbons (Fsp3) is 0.333. The summed E-state index contributed by atoms with van der Waals surface area (Å²) in [4.78, 5) is 28.3. The van der Waals surface area contributed by atoms with Crippen LogP contribution in [-0.2, 0) is 27.4 Å². The first-order valence-corrected chi connectivity index (χ1v) is 13.9. The average Bonchev–Trinajstić information content (AvgIpc) is 3.48. The number of ketones is 1.